The van der Waals surface area contributed by atoms with Crippen LogP contribution in [0.25, 0.3) is 6.08 Å². The van der Waals surface area contributed by atoms with Crippen molar-refractivity contribution in [1.82, 2.24) is 0 Å². The smallest absolute Gasteiger partial charge is 0.235 e. The van der Waals surface area contributed by atoms with Gasteiger partial charge in [-0.1, -0.05) is 0 Å². The average Bonchev–Trinajstić information content (AvgIpc) is 2.75. The molecule has 0 aliphatic carbocycles. The first-order valence-corrected chi connectivity index (χ1v) is 5.09. The first-order valence-electron chi connectivity index (χ1n) is 5.09. The quantitative estimate of drug-likeness (QED) is 0.592. The Balaban J connectivity index is 2.44. The zero-order valence-corrected chi connectivity index (χ0v) is 9.21. The van der Waals surface area contributed by atoms with Crippen molar-refractivity contribution >= 4 is 6.08 Å². The monoisotopic (exact) mass is 237 g/mol. The number of nitrogens with zero attached hydrogens (tertiary/aromatic N) is 1. The molecule has 0 saturated carbocycles. The number of hydrogen-bond acceptors (Lipinski definition) is 5. The van der Waals surface area contributed by atoms with Gasteiger partial charge in [0.15, 0.2) is 11.5 Å². The van der Waals surface area contributed by atoms with E-state index in [1.807, 2.05) is 6.92 Å². The molecule has 0 aromatic heterocycles. The van der Waals surface area contributed by atoms with Crippen molar-refractivity contribution in [2.24, 2.45) is 0 Å². The van der Waals surface area contributed by atoms with Crippen LogP contribution in [-0.4, -0.2) is 18.3 Å². The van der Waals surface area contributed by atoms with Crippen molar-refractivity contribution in [3.05, 3.63) is 34.0 Å². The molecule has 0 N–H and O–H groups in total. The Labute approximate surface area is 97.6 Å². The van der Waals surface area contributed by atoms with Gasteiger partial charge in [-0.3, -0.25) is 10.1 Å². The highest BCUT2D eigenvalue weighted by Gasteiger charge is 2.20. The van der Waals surface area contributed by atoms with Gasteiger partial charge in [0, 0.05) is 6.08 Å². The van der Waals surface area contributed by atoms with E-state index in [-0.39, 0.29) is 6.79 Å². The summed E-state index contributed by atoms with van der Waals surface area (Å²) in [6, 6.07) is 3.42. The van der Waals surface area contributed by atoms with Crippen LogP contribution in [-0.2, 0) is 0 Å². The molecular formula is C11H11NO5. The summed E-state index contributed by atoms with van der Waals surface area (Å²) in [5.74, 6) is 1.58. The SMILES string of the molecule is CCOc1ccc2c(c1/C=C/[N+](=O)[O-])OCO2. The first kappa shape index (κ1) is 11.3. The fourth-order valence-electron chi connectivity index (χ4n) is 1.55. The molecule has 0 saturated heterocycles. The number of rotatable bonds is 4. The van der Waals surface area contributed by atoms with Crippen LogP contribution in [0.3, 0.4) is 0 Å². The van der Waals surface area contributed by atoms with Crippen LogP contribution in [0.5, 0.6) is 17.2 Å². The minimum atomic E-state index is -0.537. The van der Waals surface area contributed by atoms with Gasteiger partial charge in [-0.25, -0.2) is 0 Å². The molecule has 0 radical (unpaired) electrons. The Morgan fingerprint density at radius 3 is 3.06 bits per heavy atom. The van der Waals surface area contributed by atoms with Crippen molar-refractivity contribution in [2.75, 3.05) is 13.4 Å². The number of benzene rings is 1. The van der Waals surface area contributed by atoms with Crippen LogP contribution in [0, 0.1) is 10.1 Å². The van der Waals surface area contributed by atoms with Crippen LogP contribution in [0.4, 0.5) is 0 Å². The number of fused-ring (bicyclic) bond motifs is 1. The fourth-order valence-corrected chi connectivity index (χ4v) is 1.55. The molecule has 1 aliphatic rings. The molecule has 0 spiro atoms. The zero-order chi connectivity index (χ0) is 12.3. The second kappa shape index (κ2) is 4.73. The minimum Gasteiger partial charge on any atom is -0.493 e. The lowest BCUT2D eigenvalue weighted by Gasteiger charge is -2.08. The van der Waals surface area contributed by atoms with E-state index in [0.29, 0.717) is 29.4 Å². The standard InChI is InChI=1S/C11H11NO5/c1-2-15-9-3-4-10-11(17-7-16-10)8(9)5-6-12(13)14/h3-6H,2,7H2,1H3/b6-5+. The summed E-state index contributed by atoms with van der Waals surface area (Å²) in [6.07, 6.45) is 2.19. The lowest BCUT2D eigenvalue weighted by molar-refractivity contribution is -0.400. The van der Waals surface area contributed by atoms with Crippen molar-refractivity contribution < 1.29 is 19.1 Å². The molecule has 1 heterocycles. The summed E-state index contributed by atoms with van der Waals surface area (Å²) in [5.41, 5.74) is 0.526. The normalized spacial score (nSPS) is 13.0. The second-order valence-corrected chi connectivity index (χ2v) is 3.25. The predicted octanol–water partition coefficient (Wildman–Crippen LogP) is 2.06. The van der Waals surface area contributed by atoms with Gasteiger partial charge >= 0.3 is 0 Å². The molecule has 0 bridgehead atoms. The van der Waals surface area contributed by atoms with E-state index in [1.54, 1.807) is 12.1 Å². The molecule has 6 heteroatoms. The molecule has 1 aromatic carbocycles. The highest BCUT2D eigenvalue weighted by atomic mass is 16.7. The van der Waals surface area contributed by atoms with E-state index in [0.717, 1.165) is 6.20 Å². The number of ether oxygens (including phenoxy) is 3. The van der Waals surface area contributed by atoms with Crippen LogP contribution in [0.2, 0.25) is 0 Å². The Morgan fingerprint density at radius 1 is 1.53 bits per heavy atom. The van der Waals surface area contributed by atoms with Gasteiger partial charge in [0.25, 0.3) is 0 Å². The van der Waals surface area contributed by atoms with Gasteiger partial charge in [0.05, 0.1) is 17.1 Å². The van der Waals surface area contributed by atoms with Gasteiger partial charge in [-0.2, -0.15) is 0 Å². The molecule has 1 aromatic rings. The lowest BCUT2D eigenvalue weighted by atomic mass is 10.1. The largest absolute Gasteiger partial charge is 0.493 e. The van der Waals surface area contributed by atoms with Crippen LogP contribution >= 0.6 is 0 Å². The van der Waals surface area contributed by atoms with Crippen molar-refractivity contribution in [3.63, 3.8) is 0 Å². The molecule has 17 heavy (non-hydrogen) atoms. The maximum atomic E-state index is 10.3. The van der Waals surface area contributed by atoms with E-state index < -0.39 is 4.92 Å². The van der Waals surface area contributed by atoms with Gasteiger partial charge in [-0.05, 0) is 19.1 Å². The topological polar surface area (TPSA) is 70.8 Å². The first-order chi connectivity index (χ1) is 8.22. The van der Waals surface area contributed by atoms with E-state index in [2.05, 4.69) is 0 Å². The van der Waals surface area contributed by atoms with Gasteiger partial charge in [-0.15, -0.1) is 0 Å². The molecule has 0 amide bonds. The molecule has 6 nitrogen and oxygen atoms in total. The Kier molecular flexibility index (Phi) is 3.13. The lowest BCUT2D eigenvalue weighted by Crippen LogP contribution is -1.96. The summed E-state index contributed by atoms with van der Waals surface area (Å²) in [6.45, 7) is 2.43. The highest BCUT2D eigenvalue weighted by molar-refractivity contribution is 5.68. The van der Waals surface area contributed by atoms with Gasteiger partial charge < -0.3 is 14.2 Å². The third kappa shape index (κ3) is 2.30. The molecule has 2 rings (SSSR count). The van der Waals surface area contributed by atoms with Gasteiger partial charge in [0.1, 0.15) is 5.75 Å². The second-order valence-electron chi connectivity index (χ2n) is 3.25. The molecule has 0 atom stereocenters. The van der Waals surface area contributed by atoms with Crippen molar-refractivity contribution in [2.45, 2.75) is 6.92 Å². The van der Waals surface area contributed by atoms with E-state index in [9.17, 15) is 10.1 Å². The van der Waals surface area contributed by atoms with E-state index >= 15 is 0 Å². The summed E-state index contributed by atoms with van der Waals surface area (Å²) < 4.78 is 15.9. The Bertz CT molecular complexity index is 469. The zero-order valence-electron chi connectivity index (χ0n) is 9.21. The van der Waals surface area contributed by atoms with Crippen LogP contribution < -0.4 is 14.2 Å². The molecule has 0 fully saturated rings. The summed E-state index contributed by atoms with van der Waals surface area (Å²) in [5, 5.41) is 10.3. The minimum absolute atomic E-state index is 0.115. The molecule has 1 aliphatic heterocycles. The van der Waals surface area contributed by atoms with E-state index in [1.165, 1.54) is 6.08 Å². The van der Waals surface area contributed by atoms with Gasteiger partial charge in [0.2, 0.25) is 13.0 Å². The average molecular weight is 237 g/mol. The predicted molar refractivity (Wildman–Crippen MR) is 59.8 cm³/mol. The van der Waals surface area contributed by atoms with Crippen LogP contribution in [0.1, 0.15) is 12.5 Å². The Hall–Kier alpha value is -2.24. The molecule has 0 unspecified atom stereocenters. The van der Waals surface area contributed by atoms with E-state index in [4.69, 9.17) is 14.2 Å². The van der Waals surface area contributed by atoms with Crippen molar-refractivity contribution in [3.8, 4) is 17.2 Å². The summed E-state index contributed by atoms with van der Waals surface area (Å²) in [4.78, 5) is 9.81. The maximum absolute atomic E-state index is 10.3. The van der Waals surface area contributed by atoms with Crippen molar-refractivity contribution in [1.29, 1.82) is 0 Å². The van der Waals surface area contributed by atoms with Crippen LogP contribution in [0.15, 0.2) is 18.3 Å². The molecular weight excluding hydrogens is 226 g/mol. The summed E-state index contributed by atoms with van der Waals surface area (Å²) in [7, 11) is 0. The maximum Gasteiger partial charge on any atom is 0.235 e. The fraction of sp³-hybridized carbons (Fsp3) is 0.273. The number of nitro groups is 1. The summed E-state index contributed by atoms with van der Waals surface area (Å²) >= 11 is 0. The third-order valence-electron chi connectivity index (χ3n) is 2.20. The number of hydrogen-bond donors (Lipinski definition) is 0. The highest BCUT2D eigenvalue weighted by Crippen LogP contribution is 2.41. The Morgan fingerprint density at radius 2 is 2.35 bits per heavy atom. The third-order valence-corrected chi connectivity index (χ3v) is 2.20. The molecule has 90 valence electrons.